The molecule has 2 aromatic carbocycles. The molecule has 0 N–H and O–H groups in total. The van der Waals surface area contributed by atoms with Crippen molar-refractivity contribution in [3.05, 3.63) is 64.2 Å². The largest absolute Gasteiger partial charge is 0.353 e. The van der Waals surface area contributed by atoms with Crippen LogP contribution in [0.5, 0.6) is 0 Å². The Bertz CT molecular complexity index is 1240. The molecule has 1 aromatic heterocycles. The molecule has 0 amide bonds. The van der Waals surface area contributed by atoms with Crippen LogP contribution in [0.1, 0.15) is 5.56 Å². The number of fused-ring (bicyclic) bond motifs is 1. The molecule has 1 aliphatic rings. The summed E-state index contributed by atoms with van der Waals surface area (Å²) < 4.78 is 41.8. The number of benzene rings is 2. The average molecular weight is 431 g/mol. The number of nitro benzene ring substituents is 1. The first-order valence-electron chi connectivity index (χ1n) is 9.18. The minimum absolute atomic E-state index is 0.0799. The fourth-order valence-electron chi connectivity index (χ4n) is 3.55. The fourth-order valence-corrected chi connectivity index (χ4v) is 5.22. The van der Waals surface area contributed by atoms with Crippen LogP contribution in [0.2, 0.25) is 0 Å². The topological polar surface area (TPSA) is 110 Å². The average Bonchev–Trinajstić information content (AvgIpc) is 2.73. The quantitative estimate of drug-likeness (QED) is 0.461. The molecule has 0 aliphatic carbocycles. The van der Waals surface area contributed by atoms with Crippen LogP contribution in [-0.4, -0.2) is 53.8 Å². The van der Waals surface area contributed by atoms with Gasteiger partial charge in [-0.05, 0) is 24.6 Å². The molecule has 30 heavy (non-hydrogen) atoms. The van der Waals surface area contributed by atoms with Crippen molar-refractivity contribution in [1.82, 2.24) is 14.3 Å². The van der Waals surface area contributed by atoms with Crippen molar-refractivity contribution >= 4 is 32.4 Å². The number of nitrogens with zero attached hydrogens (tertiary/aromatic N) is 5. The Kier molecular flexibility index (Phi) is 5.08. The molecule has 3 aromatic rings. The second-order valence-corrected chi connectivity index (χ2v) is 8.84. The lowest BCUT2D eigenvalue weighted by Gasteiger charge is -2.35. The Labute approximate surface area is 172 Å². The second kappa shape index (κ2) is 7.58. The predicted octanol–water partition coefficient (Wildman–Crippen LogP) is 2.50. The molecule has 0 unspecified atom stereocenters. The number of aryl methyl sites for hydroxylation is 1. The Morgan fingerprint density at radius 1 is 1.10 bits per heavy atom. The summed E-state index contributed by atoms with van der Waals surface area (Å²) in [5.41, 5.74) is 0.634. The Hall–Kier alpha value is -3.18. The van der Waals surface area contributed by atoms with E-state index in [2.05, 4.69) is 9.97 Å². The van der Waals surface area contributed by atoms with Crippen LogP contribution in [0, 0.1) is 22.9 Å². The zero-order chi connectivity index (χ0) is 21.5. The first-order chi connectivity index (χ1) is 14.3. The predicted molar refractivity (Wildman–Crippen MR) is 108 cm³/mol. The van der Waals surface area contributed by atoms with Crippen molar-refractivity contribution in [3.8, 4) is 0 Å². The lowest BCUT2D eigenvalue weighted by molar-refractivity contribution is -0.385. The van der Waals surface area contributed by atoms with E-state index in [1.807, 2.05) is 4.90 Å². The van der Waals surface area contributed by atoms with E-state index in [9.17, 15) is 22.9 Å². The maximum Gasteiger partial charge on any atom is 0.270 e. The van der Waals surface area contributed by atoms with Gasteiger partial charge in [-0.25, -0.2) is 22.8 Å². The maximum atomic E-state index is 14.4. The molecule has 0 spiro atoms. The van der Waals surface area contributed by atoms with Crippen molar-refractivity contribution in [3.63, 3.8) is 0 Å². The van der Waals surface area contributed by atoms with Gasteiger partial charge in [-0.1, -0.05) is 12.1 Å². The lowest BCUT2D eigenvalue weighted by Crippen LogP contribution is -2.49. The molecular weight excluding hydrogens is 413 g/mol. The monoisotopic (exact) mass is 431 g/mol. The van der Waals surface area contributed by atoms with Crippen LogP contribution < -0.4 is 4.90 Å². The number of nitro groups is 1. The third-order valence-corrected chi connectivity index (χ3v) is 7.17. The van der Waals surface area contributed by atoms with Gasteiger partial charge in [0.1, 0.15) is 18.0 Å². The first-order valence-corrected chi connectivity index (χ1v) is 10.6. The van der Waals surface area contributed by atoms with Gasteiger partial charge in [0.15, 0.2) is 0 Å². The Morgan fingerprint density at radius 2 is 1.83 bits per heavy atom. The highest BCUT2D eigenvalue weighted by atomic mass is 32.2. The van der Waals surface area contributed by atoms with Gasteiger partial charge in [-0.15, -0.1) is 0 Å². The van der Waals surface area contributed by atoms with Gasteiger partial charge in [0.05, 0.1) is 20.7 Å². The molecule has 4 rings (SSSR count). The van der Waals surface area contributed by atoms with Crippen molar-refractivity contribution in [2.45, 2.75) is 11.8 Å². The summed E-state index contributed by atoms with van der Waals surface area (Å²) in [6.07, 6.45) is 1.35. The standard InChI is InChI=1S/C19H18FN5O4S/c1-13-5-6-14(25(26)27)11-17(13)30(28,29)24-9-7-23(8-10-24)19-18-15(20)3-2-4-16(18)21-12-22-19/h2-6,11-12H,7-10H2,1H3. The lowest BCUT2D eigenvalue weighted by atomic mass is 10.2. The number of halogens is 1. The third kappa shape index (κ3) is 3.46. The summed E-state index contributed by atoms with van der Waals surface area (Å²) >= 11 is 0. The van der Waals surface area contributed by atoms with Gasteiger partial charge in [0.25, 0.3) is 5.69 Å². The SMILES string of the molecule is Cc1ccc([N+](=O)[O-])cc1S(=O)(=O)N1CCN(c2ncnc3cccc(F)c23)CC1. The van der Waals surface area contributed by atoms with Gasteiger partial charge < -0.3 is 4.90 Å². The Balaban J connectivity index is 1.60. The number of aromatic nitrogens is 2. The van der Waals surface area contributed by atoms with Crippen molar-refractivity contribution in [1.29, 1.82) is 0 Å². The molecule has 1 fully saturated rings. The summed E-state index contributed by atoms with van der Waals surface area (Å²) in [4.78, 5) is 20.5. The highest BCUT2D eigenvalue weighted by Crippen LogP contribution is 2.29. The number of piperazine rings is 1. The highest BCUT2D eigenvalue weighted by molar-refractivity contribution is 7.89. The number of anilines is 1. The first kappa shape index (κ1) is 20.1. The van der Waals surface area contributed by atoms with Crippen LogP contribution in [-0.2, 0) is 10.0 Å². The summed E-state index contributed by atoms with van der Waals surface area (Å²) in [7, 11) is -3.91. The van der Waals surface area contributed by atoms with Gasteiger partial charge in [-0.2, -0.15) is 4.31 Å². The maximum absolute atomic E-state index is 14.4. The second-order valence-electron chi connectivity index (χ2n) is 6.93. The molecule has 0 radical (unpaired) electrons. The van der Waals surface area contributed by atoms with E-state index in [-0.39, 0.29) is 23.7 Å². The zero-order valence-electron chi connectivity index (χ0n) is 16.0. The van der Waals surface area contributed by atoms with Crippen molar-refractivity contribution < 1.29 is 17.7 Å². The molecule has 1 aliphatic heterocycles. The number of hydrogen-bond acceptors (Lipinski definition) is 7. The summed E-state index contributed by atoms with van der Waals surface area (Å²) in [6, 6.07) is 8.39. The number of sulfonamides is 1. The summed E-state index contributed by atoms with van der Waals surface area (Å²) in [6.45, 7) is 2.48. The van der Waals surface area contributed by atoms with Crippen molar-refractivity contribution in [2.24, 2.45) is 0 Å². The van der Waals surface area contributed by atoms with Crippen LogP contribution in [0.4, 0.5) is 15.9 Å². The molecule has 156 valence electrons. The van der Waals surface area contributed by atoms with Gasteiger partial charge in [-0.3, -0.25) is 10.1 Å². The van der Waals surface area contributed by atoms with Gasteiger partial charge >= 0.3 is 0 Å². The van der Waals surface area contributed by atoms with Crippen molar-refractivity contribution in [2.75, 3.05) is 31.1 Å². The fraction of sp³-hybridized carbons (Fsp3) is 0.263. The minimum Gasteiger partial charge on any atom is -0.353 e. The van der Waals surface area contributed by atoms with E-state index in [1.165, 1.54) is 28.8 Å². The molecule has 9 nitrogen and oxygen atoms in total. The molecule has 1 saturated heterocycles. The molecular formula is C19H18FN5O4S. The molecule has 2 heterocycles. The van der Waals surface area contributed by atoms with E-state index >= 15 is 0 Å². The van der Waals surface area contributed by atoms with Crippen LogP contribution in [0.15, 0.2) is 47.6 Å². The molecule has 11 heteroatoms. The highest BCUT2D eigenvalue weighted by Gasteiger charge is 2.31. The molecule has 0 atom stereocenters. The zero-order valence-corrected chi connectivity index (χ0v) is 16.8. The van der Waals surface area contributed by atoms with E-state index in [0.717, 1.165) is 6.07 Å². The van der Waals surface area contributed by atoms with E-state index in [0.29, 0.717) is 35.4 Å². The third-order valence-electron chi connectivity index (χ3n) is 5.13. The van der Waals surface area contributed by atoms with Crippen LogP contribution >= 0.6 is 0 Å². The minimum atomic E-state index is -3.91. The van der Waals surface area contributed by atoms with Gasteiger partial charge in [0.2, 0.25) is 10.0 Å². The summed E-state index contributed by atoms with van der Waals surface area (Å²) in [5, 5.41) is 11.3. The normalized spacial score (nSPS) is 15.5. The van der Waals surface area contributed by atoms with Crippen LogP contribution in [0.3, 0.4) is 0 Å². The van der Waals surface area contributed by atoms with E-state index in [1.54, 1.807) is 19.1 Å². The van der Waals surface area contributed by atoms with Gasteiger partial charge in [0, 0.05) is 38.3 Å². The van der Waals surface area contributed by atoms with E-state index in [4.69, 9.17) is 0 Å². The summed E-state index contributed by atoms with van der Waals surface area (Å²) in [5.74, 6) is -0.0213. The smallest absolute Gasteiger partial charge is 0.270 e. The van der Waals surface area contributed by atoms with Crippen LogP contribution in [0.25, 0.3) is 10.9 Å². The Morgan fingerprint density at radius 3 is 2.53 bits per heavy atom. The molecule has 0 saturated carbocycles. The number of rotatable bonds is 4. The molecule has 0 bridgehead atoms. The number of hydrogen-bond donors (Lipinski definition) is 0. The van der Waals surface area contributed by atoms with E-state index < -0.39 is 20.8 Å². The number of non-ortho nitro benzene ring substituents is 1.